The Balaban J connectivity index is 1.85. The first-order chi connectivity index (χ1) is 12.3. The maximum atomic E-state index is 13.0. The number of esters is 1. The number of carbonyl (C=O) groups excluding carboxylic acids is 2. The number of hydrogen-bond acceptors (Lipinski definition) is 4. The van der Waals surface area contributed by atoms with Crippen molar-refractivity contribution < 1.29 is 23.5 Å². The van der Waals surface area contributed by atoms with Crippen molar-refractivity contribution in [2.24, 2.45) is 0 Å². The predicted octanol–water partition coefficient (Wildman–Crippen LogP) is 4.39. The molecule has 0 aliphatic carbocycles. The van der Waals surface area contributed by atoms with Crippen LogP contribution >= 0.6 is 23.2 Å². The number of amides is 1. The molecule has 5 nitrogen and oxygen atoms in total. The van der Waals surface area contributed by atoms with Gasteiger partial charge in [0.2, 0.25) is 0 Å². The number of ether oxygens (including phenoxy) is 2. The van der Waals surface area contributed by atoms with Gasteiger partial charge < -0.3 is 14.8 Å². The molecule has 2 aromatic rings. The largest absolute Gasteiger partial charge is 0.479 e. The van der Waals surface area contributed by atoms with Crippen molar-refractivity contribution in [1.82, 2.24) is 0 Å². The summed E-state index contributed by atoms with van der Waals surface area (Å²) in [6.07, 6.45) is -0.919. The number of rotatable bonds is 6. The highest BCUT2D eigenvalue weighted by atomic mass is 35.5. The van der Waals surface area contributed by atoms with Crippen LogP contribution in [-0.4, -0.2) is 24.6 Å². The van der Waals surface area contributed by atoms with E-state index in [-0.39, 0.29) is 10.7 Å². The summed E-state index contributed by atoms with van der Waals surface area (Å²) >= 11 is 11.7. The first-order valence-electron chi connectivity index (χ1n) is 7.60. The lowest BCUT2D eigenvalue weighted by Gasteiger charge is -2.15. The van der Waals surface area contributed by atoms with Gasteiger partial charge in [0, 0.05) is 5.02 Å². The molecule has 8 heteroatoms. The van der Waals surface area contributed by atoms with Crippen molar-refractivity contribution in [3.63, 3.8) is 0 Å². The third-order valence-electron chi connectivity index (χ3n) is 3.32. The Labute approximate surface area is 160 Å². The van der Waals surface area contributed by atoms with Gasteiger partial charge in [0.05, 0.1) is 10.7 Å². The van der Waals surface area contributed by atoms with E-state index in [0.29, 0.717) is 10.8 Å². The van der Waals surface area contributed by atoms with Gasteiger partial charge in [-0.2, -0.15) is 0 Å². The number of benzene rings is 2. The Morgan fingerprint density at radius 1 is 1.19 bits per heavy atom. The van der Waals surface area contributed by atoms with Crippen LogP contribution in [0.3, 0.4) is 0 Å². The number of nitrogens with one attached hydrogen (secondary N) is 1. The molecule has 0 spiro atoms. The van der Waals surface area contributed by atoms with Crippen LogP contribution in [0.4, 0.5) is 10.1 Å². The molecule has 0 saturated heterocycles. The molecule has 138 valence electrons. The quantitative estimate of drug-likeness (QED) is 0.731. The highest BCUT2D eigenvalue weighted by molar-refractivity contribution is 6.33. The fraction of sp³-hybridized carbons (Fsp3) is 0.222. The van der Waals surface area contributed by atoms with Gasteiger partial charge in [0.1, 0.15) is 11.6 Å². The normalized spacial score (nSPS) is 11.6. The van der Waals surface area contributed by atoms with Crippen molar-refractivity contribution in [3.05, 3.63) is 57.8 Å². The molecule has 0 saturated carbocycles. The van der Waals surface area contributed by atoms with Crippen LogP contribution in [0.15, 0.2) is 36.4 Å². The molecule has 0 aliphatic heterocycles. The molecule has 0 radical (unpaired) electrons. The summed E-state index contributed by atoms with van der Waals surface area (Å²) in [5.74, 6) is -1.36. The molecular formula is C18H16Cl2FNO4. The Morgan fingerprint density at radius 2 is 1.92 bits per heavy atom. The van der Waals surface area contributed by atoms with E-state index >= 15 is 0 Å². The topological polar surface area (TPSA) is 64.6 Å². The molecule has 1 N–H and O–H groups in total. The van der Waals surface area contributed by atoms with E-state index in [2.05, 4.69) is 5.32 Å². The fourth-order valence-electron chi connectivity index (χ4n) is 2.01. The van der Waals surface area contributed by atoms with Gasteiger partial charge >= 0.3 is 5.97 Å². The highest BCUT2D eigenvalue weighted by Crippen LogP contribution is 2.23. The van der Waals surface area contributed by atoms with Crippen LogP contribution in [0.1, 0.15) is 12.5 Å². The van der Waals surface area contributed by atoms with Gasteiger partial charge in [0.25, 0.3) is 5.91 Å². The molecule has 0 bridgehead atoms. The third-order valence-corrected chi connectivity index (χ3v) is 3.87. The molecule has 1 atom stereocenters. The second-order valence-corrected chi connectivity index (χ2v) is 6.29. The van der Waals surface area contributed by atoms with E-state index in [1.807, 2.05) is 0 Å². The van der Waals surface area contributed by atoms with Crippen LogP contribution in [0.25, 0.3) is 0 Å². The van der Waals surface area contributed by atoms with Crippen molar-refractivity contribution in [2.75, 3.05) is 11.9 Å². The number of carbonyl (C=O) groups is 2. The minimum Gasteiger partial charge on any atom is -0.479 e. The van der Waals surface area contributed by atoms with Gasteiger partial charge in [-0.1, -0.05) is 23.2 Å². The lowest BCUT2D eigenvalue weighted by molar-refractivity contribution is -0.153. The second kappa shape index (κ2) is 8.87. The molecule has 1 amide bonds. The van der Waals surface area contributed by atoms with Crippen LogP contribution in [0.5, 0.6) is 5.75 Å². The number of anilines is 1. The molecule has 0 heterocycles. The van der Waals surface area contributed by atoms with Crippen molar-refractivity contribution in [3.8, 4) is 5.75 Å². The average Bonchev–Trinajstić information content (AvgIpc) is 2.57. The molecule has 26 heavy (non-hydrogen) atoms. The SMILES string of the molecule is Cc1cc(Cl)ccc1OC(C)C(=O)OCC(=O)Nc1ccc(F)cc1Cl. The maximum Gasteiger partial charge on any atom is 0.347 e. The molecular weight excluding hydrogens is 384 g/mol. The van der Waals surface area contributed by atoms with Crippen molar-refractivity contribution in [1.29, 1.82) is 0 Å². The van der Waals surface area contributed by atoms with Crippen LogP contribution < -0.4 is 10.1 Å². The van der Waals surface area contributed by atoms with Crippen molar-refractivity contribution >= 4 is 40.8 Å². The number of halogens is 3. The van der Waals surface area contributed by atoms with E-state index in [9.17, 15) is 14.0 Å². The maximum absolute atomic E-state index is 13.0. The standard InChI is InChI=1S/C18H16Cl2FNO4/c1-10-7-12(19)3-6-16(10)26-11(2)18(24)25-9-17(23)22-15-5-4-13(21)8-14(15)20/h3-8,11H,9H2,1-2H3,(H,22,23). The lowest BCUT2D eigenvalue weighted by Crippen LogP contribution is -2.30. The summed E-state index contributed by atoms with van der Waals surface area (Å²) in [6, 6.07) is 8.51. The molecule has 1 unspecified atom stereocenters. The zero-order valence-electron chi connectivity index (χ0n) is 14.0. The zero-order valence-corrected chi connectivity index (χ0v) is 15.5. The minimum atomic E-state index is -0.919. The first-order valence-corrected chi connectivity index (χ1v) is 8.36. The summed E-state index contributed by atoms with van der Waals surface area (Å²) < 4.78 is 23.4. The van der Waals surface area contributed by atoms with E-state index < -0.39 is 30.4 Å². The predicted molar refractivity (Wildman–Crippen MR) is 97.3 cm³/mol. The summed E-state index contributed by atoms with van der Waals surface area (Å²) in [7, 11) is 0. The first kappa shape index (κ1) is 20.0. The molecule has 2 rings (SSSR count). The third kappa shape index (κ3) is 5.61. The molecule has 2 aromatic carbocycles. The van der Waals surface area contributed by atoms with E-state index in [4.69, 9.17) is 32.7 Å². The summed E-state index contributed by atoms with van der Waals surface area (Å²) in [4.78, 5) is 23.8. The van der Waals surface area contributed by atoms with Gasteiger partial charge in [0.15, 0.2) is 12.7 Å². The van der Waals surface area contributed by atoms with Crippen molar-refractivity contribution in [2.45, 2.75) is 20.0 Å². The molecule has 0 fully saturated rings. The zero-order chi connectivity index (χ0) is 19.3. The second-order valence-electron chi connectivity index (χ2n) is 5.45. The Bertz CT molecular complexity index is 829. The fourth-order valence-corrected chi connectivity index (χ4v) is 2.46. The van der Waals surface area contributed by atoms with E-state index in [1.165, 1.54) is 13.0 Å². The van der Waals surface area contributed by atoms with Crippen LogP contribution in [0.2, 0.25) is 10.0 Å². The lowest BCUT2D eigenvalue weighted by atomic mass is 10.2. The van der Waals surface area contributed by atoms with Crippen LogP contribution in [-0.2, 0) is 14.3 Å². The van der Waals surface area contributed by atoms with Gasteiger partial charge in [-0.15, -0.1) is 0 Å². The Hall–Kier alpha value is -2.31. The van der Waals surface area contributed by atoms with Gasteiger partial charge in [-0.25, -0.2) is 9.18 Å². The van der Waals surface area contributed by atoms with Crippen LogP contribution in [0, 0.1) is 12.7 Å². The monoisotopic (exact) mass is 399 g/mol. The van der Waals surface area contributed by atoms with E-state index in [0.717, 1.165) is 17.7 Å². The molecule has 0 aliphatic rings. The highest BCUT2D eigenvalue weighted by Gasteiger charge is 2.19. The smallest absolute Gasteiger partial charge is 0.347 e. The Morgan fingerprint density at radius 3 is 2.58 bits per heavy atom. The summed E-state index contributed by atoms with van der Waals surface area (Å²) in [5.41, 5.74) is 0.982. The van der Waals surface area contributed by atoms with Gasteiger partial charge in [-0.3, -0.25) is 4.79 Å². The number of hydrogen-bond donors (Lipinski definition) is 1. The van der Waals surface area contributed by atoms with E-state index in [1.54, 1.807) is 25.1 Å². The summed E-state index contributed by atoms with van der Waals surface area (Å²) in [5, 5.41) is 3.02. The number of aryl methyl sites for hydroxylation is 1. The average molecular weight is 400 g/mol. The Kier molecular flexibility index (Phi) is 6.83. The summed E-state index contributed by atoms with van der Waals surface area (Å²) in [6.45, 7) is 2.77. The minimum absolute atomic E-state index is 0.0413. The van der Waals surface area contributed by atoms with Gasteiger partial charge in [-0.05, 0) is 55.8 Å². The molecule has 0 aromatic heterocycles.